The van der Waals surface area contributed by atoms with Crippen molar-refractivity contribution in [3.63, 3.8) is 0 Å². The maximum Gasteiger partial charge on any atom is 0.408 e. The second kappa shape index (κ2) is 12.5. The lowest BCUT2D eigenvalue weighted by molar-refractivity contribution is -0.147. The Bertz CT molecular complexity index is 879. The zero-order valence-corrected chi connectivity index (χ0v) is 19.2. The van der Waals surface area contributed by atoms with Gasteiger partial charge in [0.2, 0.25) is 0 Å². The Hall–Kier alpha value is -3.35. The van der Waals surface area contributed by atoms with E-state index in [1.807, 2.05) is 75.3 Å². The first-order valence-corrected chi connectivity index (χ1v) is 10.7. The predicted molar refractivity (Wildman–Crippen MR) is 124 cm³/mol. The van der Waals surface area contributed by atoms with Crippen LogP contribution in [0.1, 0.15) is 42.6 Å². The van der Waals surface area contributed by atoms with Crippen LogP contribution in [0.3, 0.4) is 0 Å². The number of nitrogens with one attached hydrogen (secondary N) is 1. The molecule has 7 nitrogen and oxygen atoms in total. The molecule has 2 aromatic rings. The molecule has 0 aliphatic rings. The molecule has 0 aliphatic carbocycles. The van der Waals surface area contributed by atoms with Crippen LogP contribution in [0.25, 0.3) is 0 Å². The van der Waals surface area contributed by atoms with Crippen LogP contribution in [0.4, 0.5) is 10.5 Å². The highest BCUT2D eigenvalue weighted by Crippen LogP contribution is 2.15. The van der Waals surface area contributed by atoms with Gasteiger partial charge in [-0.25, -0.2) is 9.59 Å². The smallest absolute Gasteiger partial charge is 0.408 e. The number of benzene rings is 2. The van der Waals surface area contributed by atoms with E-state index in [0.717, 1.165) is 11.3 Å². The number of amides is 1. The number of anilines is 1. The average Bonchev–Trinajstić information content (AvgIpc) is 2.79. The number of esters is 1. The molecule has 0 bridgehead atoms. The molecule has 32 heavy (non-hydrogen) atoms. The number of hydrogen-bond donors (Lipinski definition) is 1. The zero-order valence-electron chi connectivity index (χ0n) is 19.2. The number of ether oxygens (including phenoxy) is 2. The van der Waals surface area contributed by atoms with Gasteiger partial charge in [-0.1, -0.05) is 44.2 Å². The lowest BCUT2D eigenvalue weighted by Gasteiger charge is -2.18. The van der Waals surface area contributed by atoms with Crippen LogP contribution in [-0.4, -0.2) is 44.6 Å². The van der Waals surface area contributed by atoms with E-state index in [9.17, 15) is 14.4 Å². The van der Waals surface area contributed by atoms with Gasteiger partial charge in [-0.3, -0.25) is 4.79 Å². The van der Waals surface area contributed by atoms with Gasteiger partial charge in [-0.2, -0.15) is 0 Å². The van der Waals surface area contributed by atoms with E-state index in [-0.39, 0.29) is 37.8 Å². The summed E-state index contributed by atoms with van der Waals surface area (Å²) in [6.07, 6.45) is -0.531. The molecule has 0 spiro atoms. The topological polar surface area (TPSA) is 84.9 Å². The van der Waals surface area contributed by atoms with E-state index >= 15 is 0 Å². The lowest BCUT2D eigenvalue weighted by Crippen LogP contribution is -2.42. The Morgan fingerprint density at radius 1 is 0.938 bits per heavy atom. The van der Waals surface area contributed by atoms with Crippen molar-refractivity contribution in [3.05, 3.63) is 65.7 Å². The molecule has 0 radical (unpaired) electrons. The molecule has 0 saturated heterocycles. The minimum absolute atomic E-state index is 0.0809. The van der Waals surface area contributed by atoms with Crippen LogP contribution in [0.15, 0.2) is 54.6 Å². The number of carbonyl (C=O) groups excluding carboxylic acids is 3. The molecular formula is C25H32N2O5. The van der Waals surface area contributed by atoms with E-state index in [1.165, 1.54) is 0 Å². The normalized spacial score (nSPS) is 11.5. The highest BCUT2D eigenvalue weighted by atomic mass is 16.6. The van der Waals surface area contributed by atoms with Crippen molar-refractivity contribution in [2.45, 2.75) is 39.3 Å². The summed E-state index contributed by atoms with van der Waals surface area (Å²) in [7, 11) is 3.85. The monoisotopic (exact) mass is 440 g/mol. The molecule has 0 saturated carbocycles. The fourth-order valence-electron chi connectivity index (χ4n) is 2.87. The summed E-state index contributed by atoms with van der Waals surface area (Å²) in [5.74, 6) is -0.538. The Morgan fingerprint density at radius 3 is 2.19 bits per heavy atom. The first kappa shape index (κ1) is 24.9. The largest absolute Gasteiger partial charge is 0.464 e. The number of alkyl carbamates (subject to hydrolysis) is 1. The van der Waals surface area contributed by atoms with Crippen LogP contribution < -0.4 is 10.2 Å². The SMILES string of the molecule is CC(C)COC(=O)C(CCC(=O)c1ccc(N(C)C)cc1)NC(=O)OCc1ccccc1. The zero-order chi connectivity index (χ0) is 23.5. The quantitative estimate of drug-likeness (QED) is 0.416. The van der Waals surface area contributed by atoms with Gasteiger partial charge in [0.25, 0.3) is 0 Å². The third-order valence-electron chi connectivity index (χ3n) is 4.71. The molecular weight excluding hydrogens is 408 g/mol. The summed E-state index contributed by atoms with van der Waals surface area (Å²) in [6, 6.07) is 15.5. The summed E-state index contributed by atoms with van der Waals surface area (Å²) in [4.78, 5) is 39.3. The van der Waals surface area contributed by atoms with Crippen molar-refractivity contribution in [1.29, 1.82) is 0 Å². The Balaban J connectivity index is 1.96. The Labute approximate surface area is 189 Å². The third kappa shape index (κ3) is 8.41. The van der Waals surface area contributed by atoms with E-state index in [2.05, 4.69) is 5.32 Å². The second-order valence-electron chi connectivity index (χ2n) is 8.19. The number of Topliss-reactive ketones (excluding diaryl/α,β-unsaturated/α-hetero) is 1. The van der Waals surface area contributed by atoms with Crippen molar-refractivity contribution >= 4 is 23.5 Å². The van der Waals surface area contributed by atoms with Crippen molar-refractivity contribution < 1.29 is 23.9 Å². The van der Waals surface area contributed by atoms with E-state index in [0.29, 0.717) is 5.56 Å². The molecule has 1 unspecified atom stereocenters. The molecule has 7 heteroatoms. The fraction of sp³-hybridized carbons (Fsp3) is 0.400. The first-order chi connectivity index (χ1) is 15.3. The van der Waals surface area contributed by atoms with Crippen LogP contribution in [0, 0.1) is 5.92 Å². The summed E-state index contributed by atoms with van der Waals surface area (Å²) >= 11 is 0. The van der Waals surface area contributed by atoms with Crippen LogP contribution >= 0.6 is 0 Å². The molecule has 1 atom stereocenters. The third-order valence-corrected chi connectivity index (χ3v) is 4.71. The van der Waals surface area contributed by atoms with Gasteiger partial charge in [0.15, 0.2) is 5.78 Å². The molecule has 2 rings (SSSR count). The summed E-state index contributed by atoms with van der Waals surface area (Å²) in [5.41, 5.74) is 2.37. The second-order valence-corrected chi connectivity index (χ2v) is 8.19. The molecule has 1 amide bonds. The maximum atomic E-state index is 12.6. The summed E-state index contributed by atoms with van der Waals surface area (Å²) in [6.45, 7) is 4.16. The number of nitrogens with zero attached hydrogens (tertiary/aromatic N) is 1. The standard InChI is InChI=1S/C25H32N2O5/c1-18(2)16-31-24(29)22(26-25(30)32-17-19-8-6-5-7-9-19)14-15-23(28)20-10-12-21(13-11-20)27(3)4/h5-13,18,22H,14-17H2,1-4H3,(H,26,30). The van der Waals surface area contributed by atoms with Gasteiger partial charge >= 0.3 is 12.1 Å². The molecule has 0 fully saturated rings. The number of carbonyl (C=O) groups is 3. The van der Waals surface area contributed by atoms with Gasteiger partial charge in [0.1, 0.15) is 12.6 Å². The van der Waals surface area contributed by atoms with Gasteiger partial charge in [-0.05, 0) is 42.2 Å². The predicted octanol–water partition coefficient (Wildman–Crippen LogP) is 4.21. The minimum Gasteiger partial charge on any atom is -0.464 e. The average molecular weight is 441 g/mol. The fourth-order valence-corrected chi connectivity index (χ4v) is 2.87. The molecule has 0 heterocycles. The van der Waals surface area contributed by atoms with Crippen LogP contribution in [-0.2, 0) is 20.9 Å². The number of hydrogen-bond acceptors (Lipinski definition) is 6. The molecule has 172 valence electrons. The van der Waals surface area contributed by atoms with Crippen LogP contribution in [0.5, 0.6) is 0 Å². The lowest BCUT2D eigenvalue weighted by atomic mass is 10.0. The molecule has 2 aromatic carbocycles. The van der Waals surface area contributed by atoms with Gasteiger partial charge in [0, 0.05) is 31.8 Å². The summed E-state index contributed by atoms with van der Waals surface area (Å²) < 4.78 is 10.5. The summed E-state index contributed by atoms with van der Waals surface area (Å²) in [5, 5.41) is 2.55. The van der Waals surface area contributed by atoms with E-state index in [4.69, 9.17) is 9.47 Å². The van der Waals surface area contributed by atoms with Crippen molar-refractivity contribution in [2.24, 2.45) is 5.92 Å². The highest BCUT2D eigenvalue weighted by Gasteiger charge is 2.24. The Morgan fingerprint density at radius 2 is 1.59 bits per heavy atom. The van der Waals surface area contributed by atoms with Crippen LogP contribution in [0.2, 0.25) is 0 Å². The highest BCUT2D eigenvalue weighted by molar-refractivity contribution is 5.96. The molecule has 0 aromatic heterocycles. The van der Waals surface area contributed by atoms with Gasteiger partial charge in [0.05, 0.1) is 6.61 Å². The van der Waals surface area contributed by atoms with Crippen molar-refractivity contribution in [2.75, 3.05) is 25.6 Å². The number of rotatable bonds is 11. The Kier molecular flexibility index (Phi) is 9.73. The number of ketones is 1. The maximum absolute atomic E-state index is 12.6. The molecule has 0 aliphatic heterocycles. The van der Waals surface area contributed by atoms with Gasteiger partial charge in [-0.15, -0.1) is 0 Å². The minimum atomic E-state index is -0.970. The van der Waals surface area contributed by atoms with E-state index in [1.54, 1.807) is 12.1 Å². The van der Waals surface area contributed by atoms with Gasteiger partial charge < -0.3 is 19.7 Å². The molecule has 1 N–H and O–H groups in total. The van der Waals surface area contributed by atoms with E-state index < -0.39 is 18.1 Å². The van der Waals surface area contributed by atoms with Crippen molar-refractivity contribution in [1.82, 2.24) is 5.32 Å². The first-order valence-electron chi connectivity index (χ1n) is 10.7. The van der Waals surface area contributed by atoms with Crippen molar-refractivity contribution in [3.8, 4) is 0 Å².